The fraction of sp³-hybridized carbons (Fsp3) is 0.356. The Balaban J connectivity index is 1.33. The van der Waals surface area contributed by atoms with Crippen LogP contribution in [0, 0.1) is 10.8 Å². The number of hydrogen-bond donors (Lipinski definition) is 0. The van der Waals surface area contributed by atoms with E-state index in [0.29, 0.717) is 0 Å². The molecule has 0 fully saturated rings. The van der Waals surface area contributed by atoms with Gasteiger partial charge in [0.05, 0.1) is 10.8 Å². The maximum atomic E-state index is 7.84. The van der Waals surface area contributed by atoms with Crippen molar-refractivity contribution in [2.75, 3.05) is 14.2 Å². The van der Waals surface area contributed by atoms with E-state index in [4.69, 9.17) is 32.7 Å². The van der Waals surface area contributed by atoms with Gasteiger partial charge in [-0.3, -0.25) is 0 Å². The third-order valence-electron chi connectivity index (χ3n) is 14.4. The minimum absolute atomic E-state index is 0.00996. The quantitative estimate of drug-likeness (QED) is 0.0860. The Morgan fingerprint density at radius 2 is 0.810 bits per heavy atom. The molecule has 7 aromatic rings. The normalized spacial score (nSPS) is 17.4. The van der Waals surface area contributed by atoms with Crippen LogP contribution in [0.2, 0.25) is 0 Å². The van der Waals surface area contributed by atoms with Crippen LogP contribution in [0.4, 0.5) is 0 Å². The van der Waals surface area contributed by atoms with Gasteiger partial charge in [0.15, 0.2) is 0 Å². The number of halogens is 2. The smallest absolute Gasteiger partial charge is 0.223 e. The van der Waals surface area contributed by atoms with E-state index in [1.165, 1.54) is 33.4 Å². The molecule has 0 saturated heterocycles. The summed E-state index contributed by atoms with van der Waals surface area (Å²) in [6.07, 6.45) is 2.15. The van der Waals surface area contributed by atoms with Crippen molar-refractivity contribution < 1.29 is 9.47 Å². The lowest BCUT2D eigenvalue weighted by atomic mass is 9.72. The first-order chi connectivity index (χ1) is 29.7. The molecule has 4 heteroatoms. The minimum Gasteiger partial charge on any atom is -0.346 e. The predicted octanol–water partition coefficient (Wildman–Crippen LogP) is 17.2. The second-order valence-corrected chi connectivity index (χ2v) is 23.2. The van der Waals surface area contributed by atoms with Crippen molar-refractivity contribution in [1.82, 2.24) is 0 Å². The van der Waals surface area contributed by atoms with E-state index in [2.05, 4.69) is 178 Å². The summed E-state index contributed by atoms with van der Waals surface area (Å²) in [5.74, 6) is -1.28. The van der Waals surface area contributed by atoms with Gasteiger partial charge in [-0.05, 0) is 134 Å². The van der Waals surface area contributed by atoms with Gasteiger partial charge in [0.25, 0.3) is 0 Å². The molecule has 0 saturated carbocycles. The number of ether oxygens (including phenoxy) is 2. The second kappa shape index (κ2) is 14.3. The highest BCUT2D eigenvalue weighted by Crippen LogP contribution is 2.66. The highest BCUT2D eigenvalue weighted by Gasteiger charge is 2.53. The molecule has 10 rings (SSSR count). The standard InChI is InChI=1S/C59H60Cl2O2/c1-55(2,3)31-57(7,8)35-25-21-33(22-26-35)43-41-29-30-42-44(34-23-27-36(28-24-34)58(9,10)32-56(4,5)6)46-38-18-14-16-20-40(38)54(61)50(46)52-48(42)47(41)51(59(52,62-11)63-12)49-45(43)37-17-13-15-19-39(37)53(49)60/h13-30,53-54H,31-32H2,1-12H3. The molecule has 7 aromatic carbocycles. The van der Waals surface area contributed by atoms with Gasteiger partial charge >= 0.3 is 0 Å². The lowest BCUT2D eigenvalue weighted by Crippen LogP contribution is -2.32. The zero-order valence-electron chi connectivity index (χ0n) is 39.0. The summed E-state index contributed by atoms with van der Waals surface area (Å²) in [7, 11) is 3.56. The number of fused-ring (bicyclic) bond motifs is 8. The van der Waals surface area contributed by atoms with Crippen LogP contribution in [-0.4, -0.2) is 14.2 Å². The summed E-state index contributed by atoms with van der Waals surface area (Å²) in [5, 5.41) is 3.72. The van der Waals surface area contributed by atoms with E-state index < -0.39 is 16.5 Å². The average Bonchev–Trinajstić information content (AvgIpc) is 3.81. The Kier molecular flexibility index (Phi) is 9.63. The number of hydrogen-bond acceptors (Lipinski definition) is 2. The molecule has 0 spiro atoms. The van der Waals surface area contributed by atoms with E-state index >= 15 is 0 Å². The summed E-state index contributed by atoms with van der Waals surface area (Å²) in [6.45, 7) is 23.5. The molecular formula is C59H60Cl2O2. The summed E-state index contributed by atoms with van der Waals surface area (Å²) in [6, 6.07) is 40.7. The largest absolute Gasteiger partial charge is 0.346 e. The Bertz CT molecular complexity index is 2800. The van der Waals surface area contributed by atoms with E-state index in [-0.39, 0.29) is 21.7 Å². The minimum atomic E-state index is -1.28. The molecule has 2 unspecified atom stereocenters. The molecule has 63 heavy (non-hydrogen) atoms. The van der Waals surface area contributed by atoms with Crippen molar-refractivity contribution in [3.63, 3.8) is 0 Å². The highest BCUT2D eigenvalue weighted by atomic mass is 35.5. The second-order valence-electron chi connectivity index (χ2n) is 22.3. The molecule has 0 bridgehead atoms. The lowest BCUT2D eigenvalue weighted by Gasteiger charge is -2.34. The van der Waals surface area contributed by atoms with E-state index in [0.717, 1.165) is 90.0 Å². The Morgan fingerprint density at radius 3 is 1.14 bits per heavy atom. The zero-order valence-corrected chi connectivity index (χ0v) is 40.5. The van der Waals surface area contributed by atoms with Crippen molar-refractivity contribution in [2.45, 2.75) is 109 Å². The first-order valence-corrected chi connectivity index (χ1v) is 23.6. The number of rotatable bonds is 8. The van der Waals surface area contributed by atoms with Gasteiger partial charge < -0.3 is 9.47 Å². The van der Waals surface area contributed by atoms with E-state index in [1.807, 2.05) is 0 Å². The molecule has 322 valence electrons. The molecule has 0 aromatic heterocycles. The third-order valence-corrected chi connectivity index (χ3v) is 15.3. The Morgan fingerprint density at radius 1 is 0.460 bits per heavy atom. The topological polar surface area (TPSA) is 18.5 Å². The molecular weight excluding hydrogens is 812 g/mol. The molecule has 0 amide bonds. The maximum absolute atomic E-state index is 7.84. The van der Waals surface area contributed by atoms with Crippen molar-refractivity contribution in [1.29, 1.82) is 0 Å². The summed E-state index contributed by atoms with van der Waals surface area (Å²) >= 11 is 15.7. The summed E-state index contributed by atoms with van der Waals surface area (Å²) in [5.41, 5.74) is 18.7. The van der Waals surface area contributed by atoms with Gasteiger partial charge in [-0.1, -0.05) is 178 Å². The first kappa shape index (κ1) is 42.5. The fourth-order valence-electron chi connectivity index (χ4n) is 12.8. The zero-order chi connectivity index (χ0) is 44.8. The molecule has 3 aliphatic rings. The van der Waals surface area contributed by atoms with Gasteiger partial charge in [0, 0.05) is 25.3 Å². The van der Waals surface area contributed by atoms with Crippen molar-refractivity contribution in [2.24, 2.45) is 10.8 Å². The van der Waals surface area contributed by atoms with E-state index in [9.17, 15) is 0 Å². The third kappa shape index (κ3) is 6.25. The number of benzene rings is 7. The molecule has 2 atom stereocenters. The molecule has 0 radical (unpaired) electrons. The number of methoxy groups -OCH3 is 2. The molecule has 3 aliphatic carbocycles. The van der Waals surface area contributed by atoms with Crippen LogP contribution in [0.25, 0.3) is 66.1 Å². The first-order valence-electron chi connectivity index (χ1n) is 22.7. The van der Waals surface area contributed by atoms with Crippen LogP contribution in [-0.2, 0) is 26.1 Å². The molecule has 2 nitrogen and oxygen atoms in total. The van der Waals surface area contributed by atoms with Gasteiger partial charge in [-0.15, -0.1) is 23.2 Å². The summed E-state index contributed by atoms with van der Waals surface area (Å²) < 4.78 is 13.8. The van der Waals surface area contributed by atoms with Crippen molar-refractivity contribution >= 4 is 44.7 Å². The van der Waals surface area contributed by atoms with Gasteiger partial charge in [0.2, 0.25) is 5.79 Å². The van der Waals surface area contributed by atoms with E-state index in [1.54, 1.807) is 14.2 Å². The maximum Gasteiger partial charge on any atom is 0.223 e. The molecule has 0 heterocycles. The predicted molar refractivity (Wildman–Crippen MR) is 268 cm³/mol. The van der Waals surface area contributed by atoms with Crippen LogP contribution < -0.4 is 0 Å². The lowest BCUT2D eigenvalue weighted by molar-refractivity contribution is -0.181. The van der Waals surface area contributed by atoms with Gasteiger partial charge in [0.1, 0.15) is 0 Å². The Hall–Kier alpha value is -4.44. The van der Waals surface area contributed by atoms with Gasteiger partial charge in [-0.2, -0.15) is 0 Å². The highest BCUT2D eigenvalue weighted by molar-refractivity contribution is 6.32. The SMILES string of the molecule is COC1(OC)c2c3c(c(-c4ccc(C(C)(C)CC(C)(C)C)cc4)c4ccc5c(-c6ccc(C(C)(C)CC(C)(C)C)cc6)c6c(c1c5c24)C(Cl)c1ccccc1-6)-c1ccccc1C3Cl. The number of alkyl halides is 2. The van der Waals surface area contributed by atoms with Crippen molar-refractivity contribution in [3.05, 3.63) is 154 Å². The summed E-state index contributed by atoms with van der Waals surface area (Å²) in [4.78, 5) is 0. The van der Waals surface area contributed by atoms with Crippen LogP contribution in [0.15, 0.2) is 109 Å². The average molecular weight is 872 g/mol. The van der Waals surface area contributed by atoms with Crippen LogP contribution in [0.1, 0.15) is 137 Å². The van der Waals surface area contributed by atoms with Crippen LogP contribution in [0.3, 0.4) is 0 Å². The molecule has 0 aliphatic heterocycles. The van der Waals surface area contributed by atoms with Crippen molar-refractivity contribution in [3.8, 4) is 44.5 Å². The van der Waals surface area contributed by atoms with Gasteiger partial charge in [-0.25, -0.2) is 0 Å². The fourth-order valence-corrected chi connectivity index (χ4v) is 13.6. The van der Waals surface area contributed by atoms with Crippen LogP contribution >= 0.6 is 23.2 Å². The van der Waals surface area contributed by atoms with Crippen LogP contribution in [0.5, 0.6) is 0 Å². The molecule has 0 N–H and O–H groups in total. The Labute approximate surface area is 385 Å². The monoisotopic (exact) mass is 870 g/mol.